The number of thioether (sulfide) groups is 1. The Kier molecular flexibility index (Phi) is 3.86. The number of β-lactam (4-membered cyclic amide) rings is 1. The average Bonchev–Trinajstić information content (AvgIpc) is 2.89. The van der Waals surface area contributed by atoms with Gasteiger partial charge in [0.2, 0.25) is 0 Å². The van der Waals surface area contributed by atoms with Crippen molar-refractivity contribution in [1.82, 2.24) is 19.9 Å². The maximum Gasteiger partial charge on any atom is 1.00 e. The number of fused-ring (bicyclic) bond motifs is 1. The molecule has 1 aromatic heterocycles. The summed E-state index contributed by atoms with van der Waals surface area (Å²) in [6, 6.07) is 0. The minimum absolute atomic E-state index is 0. The van der Waals surface area contributed by atoms with Gasteiger partial charge in [-0.3, -0.25) is 14.4 Å². The molecular formula is C10H7N4NaO3S. The largest absolute Gasteiger partial charge is 1.00 e. The summed E-state index contributed by atoms with van der Waals surface area (Å²) in [5.41, 5.74) is 1.02. The molecule has 1 aromatic rings. The Morgan fingerprint density at radius 1 is 1.58 bits per heavy atom. The van der Waals surface area contributed by atoms with Gasteiger partial charge in [-0.15, -0.1) is 16.9 Å². The summed E-state index contributed by atoms with van der Waals surface area (Å²) in [5, 5.41) is 19.5. The molecule has 1 atom stereocenters. The Morgan fingerprint density at radius 2 is 2.32 bits per heavy atom. The normalized spacial score (nSPS) is 22.7. The molecule has 1 amide bonds. The summed E-state index contributed by atoms with van der Waals surface area (Å²) >= 11 is 1.27. The van der Waals surface area contributed by atoms with Gasteiger partial charge in [0.15, 0.2) is 0 Å². The number of carboxylic acids is 1. The Bertz CT molecular complexity index is 624. The number of aliphatic carboxylic acids is 1. The van der Waals surface area contributed by atoms with Crippen LogP contribution in [0, 0.1) is 0 Å². The van der Waals surface area contributed by atoms with Gasteiger partial charge in [0.1, 0.15) is 11.1 Å². The number of carboxylic acid groups (broad SMARTS) is 1. The van der Waals surface area contributed by atoms with Crippen molar-refractivity contribution >= 4 is 29.7 Å². The second kappa shape index (κ2) is 5.12. The smallest absolute Gasteiger partial charge is 0.543 e. The van der Waals surface area contributed by atoms with Crippen molar-refractivity contribution in [2.24, 2.45) is 7.05 Å². The molecule has 2 aliphatic rings. The van der Waals surface area contributed by atoms with Crippen LogP contribution >= 0.6 is 11.8 Å². The van der Waals surface area contributed by atoms with Crippen LogP contribution in [0.15, 0.2) is 22.9 Å². The van der Waals surface area contributed by atoms with E-state index in [9.17, 15) is 14.7 Å². The van der Waals surface area contributed by atoms with Crippen LogP contribution in [0.2, 0.25) is 0 Å². The number of aryl methyl sites for hydroxylation is 1. The molecule has 2 aliphatic heterocycles. The van der Waals surface area contributed by atoms with Crippen LogP contribution in [0.5, 0.6) is 0 Å². The first-order valence-electron chi connectivity index (χ1n) is 5.06. The van der Waals surface area contributed by atoms with Crippen molar-refractivity contribution in [2.45, 2.75) is 5.37 Å². The van der Waals surface area contributed by atoms with E-state index < -0.39 is 5.97 Å². The van der Waals surface area contributed by atoms with Gasteiger partial charge in [0, 0.05) is 7.05 Å². The number of carbonyl (C=O) groups is 2. The van der Waals surface area contributed by atoms with E-state index in [-0.39, 0.29) is 46.5 Å². The van der Waals surface area contributed by atoms with E-state index in [1.54, 1.807) is 19.3 Å². The van der Waals surface area contributed by atoms with Crippen LogP contribution in [-0.2, 0) is 16.6 Å². The molecule has 1 unspecified atom stereocenters. The molecule has 0 saturated carbocycles. The van der Waals surface area contributed by atoms with Crippen LogP contribution in [0.25, 0.3) is 6.08 Å². The van der Waals surface area contributed by atoms with Crippen LogP contribution < -0.4 is 34.7 Å². The molecule has 3 heterocycles. The number of amides is 1. The fourth-order valence-electron chi connectivity index (χ4n) is 1.85. The molecule has 1 fully saturated rings. The predicted octanol–water partition coefficient (Wildman–Crippen LogP) is -4.29. The fourth-order valence-corrected chi connectivity index (χ4v) is 2.96. The maximum atomic E-state index is 11.8. The standard InChI is InChI=1S/C10H8N4O3S.Na/c1-13-3-5(11-12-13)2-6-8(15)14-7(10(16)17)4-18-9(6)14;/h2-4,9H,1H3,(H,16,17);/q;+1/p-1/b6-2+;. The van der Waals surface area contributed by atoms with Crippen molar-refractivity contribution < 1.29 is 44.3 Å². The van der Waals surface area contributed by atoms with Gasteiger partial charge in [-0.25, -0.2) is 0 Å². The first kappa shape index (κ1) is 14.3. The van der Waals surface area contributed by atoms with Gasteiger partial charge in [-0.1, -0.05) is 5.21 Å². The van der Waals surface area contributed by atoms with E-state index in [1.807, 2.05) is 0 Å². The van der Waals surface area contributed by atoms with Gasteiger partial charge in [0.05, 0.1) is 23.4 Å². The van der Waals surface area contributed by atoms with E-state index in [4.69, 9.17) is 0 Å². The number of rotatable bonds is 2. The second-order valence-electron chi connectivity index (χ2n) is 3.87. The summed E-state index contributed by atoms with van der Waals surface area (Å²) in [6.07, 6.45) is 3.30. The zero-order valence-corrected chi connectivity index (χ0v) is 13.0. The summed E-state index contributed by atoms with van der Waals surface area (Å²) in [6.45, 7) is 0. The van der Waals surface area contributed by atoms with E-state index in [0.717, 1.165) is 0 Å². The number of carbonyl (C=O) groups excluding carboxylic acids is 2. The van der Waals surface area contributed by atoms with Crippen LogP contribution in [-0.4, -0.2) is 37.1 Å². The van der Waals surface area contributed by atoms with E-state index in [0.29, 0.717) is 11.3 Å². The number of hydrogen-bond donors (Lipinski definition) is 0. The SMILES string of the molecule is Cn1cc(/C=C2\C(=O)N3C(C(=O)[O-])=CSC23)nn1.[Na+]. The Balaban J connectivity index is 0.00000133. The van der Waals surface area contributed by atoms with Crippen LogP contribution in [0.3, 0.4) is 0 Å². The molecular weight excluding hydrogens is 279 g/mol. The third-order valence-corrected chi connectivity index (χ3v) is 3.75. The van der Waals surface area contributed by atoms with Crippen molar-refractivity contribution in [3.8, 4) is 0 Å². The van der Waals surface area contributed by atoms with E-state index >= 15 is 0 Å². The van der Waals surface area contributed by atoms with Crippen molar-refractivity contribution in [1.29, 1.82) is 0 Å². The Morgan fingerprint density at radius 3 is 2.89 bits per heavy atom. The van der Waals surface area contributed by atoms with Crippen molar-refractivity contribution in [3.05, 3.63) is 28.6 Å². The van der Waals surface area contributed by atoms with Gasteiger partial charge in [-0.2, -0.15) is 0 Å². The van der Waals surface area contributed by atoms with Gasteiger partial charge in [0.25, 0.3) is 5.91 Å². The zero-order chi connectivity index (χ0) is 12.9. The van der Waals surface area contributed by atoms with Crippen molar-refractivity contribution in [3.63, 3.8) is 0 Å². The molecule has 0 aliphatic carbocycles. The number of hydrogen-bond acceptors (Lipinski definition) is 6. The van der Waals surface area contributed by atoms with Gasteiger partial charge >= 0.3 is 29.6 Å². The first-order valence-corrected chi connectivity index (χ1v) is 6.00. The molecule has 7 nitrogen and oxygen atoms in total. The molecule has 9 heteroatoms. The average molecular weight is 286 g/mol. The zero-order valence-electron chi connectivity index (χ0n) is 10.2. The topological polar surface area (TPSA) is 91.2 Å². The Labute approximate surface area is 134 Å². The van der Waals surface area contributed by atoms with Crippen LogP contribution in [0.4, 0.5) is 0 Å². The summed E-state index contributed by atoms with van der Waals surface area (Å²) in [7, 11) is 1.73. The third kappa shape index (κ3) is 2.25. The molecule has 1 saturated heterocycles. The number of nitrogens with zero attached hydrogens (tertiary/aromatic N) is 4. The molecule has 0 radical (unpaired) electrons. The van der Waals surface area contributed by atoms with Crippen LogP contribution in [0.1, 0.15) is 5.69 Å². The first-order chi connectivity index (χ1) is 8.58. The minimum atomic E-state index is -1.34. The minimum Gasteiger partial charge on any atom is -0.543 e. The Hall–Kier alpha value is -1.09. The quantitative estimate of drug-likeness (QED) is 0.310. The fraction of sp³-hybridized carbons (Fsp3) is 0.200. The molecule has 0 aromatic carbocycles. The van der Waals surface area contributed by atoms with Gasteiger partial charge in [-0.05, 0) is 11.5 Å². The van der Waals surface area contributed by atoms with Crippen molar-refractivity contribution in [2.75, 3.05) is 0 Å². The number of aromatic nitrogens is 3. The molecule has 19 heavy (non-hydrogen) atoms. The monoisotopic (exact) mass is 286 g/mol. The summed E-state index contributed by atoms with van der Waals surface area (Å²) in [5.74, 6) is -1.66. The van der Waals surface area contributed by atoms with E-state index in [1.165, 1.54) is 26.8 Å². The predicted molar refractivity (Wildman–Crippen MR) is 60.3 cm³/mol. The van der Waals surface area contributed by atoms with Gasteiger partial charge < -0.3 is 9.90 Å². The molecule has 0 N–H and O–H groups in total. The molecule has 0 spiro atoms. The molecule has 0 bridgehead atoms. The summed E-state index contributed by atoms with van der Waals surface area (Å²) in [4.78, 5) is 23.8. The summed E-state index contributed by atoms with van der Waals surface area (Å²) < 4.78 is 1.53. The molecule has 92 valence electrons. The maximum absolute atomic E-state index is 11.8. The second-order valence-corrected chi connectivity index (χ2v) is 4.83. The molecule has 3 rings (SSSR count). The van der Waals surface area contributed by atoms with E-state index in [2.05, 4.69) is 10.3 Å². The third-order valence-electron chi connectivity index (χ3n) is 2.67.